The first kappa shape index (κ1) is 18.9. The van der Waals surface area contributed by atoms with Gasteiger partial charge in [0, 0.05) is 12.6 Å². The molecule has 0 aliphatic rings. The van der Waals surface area contributed by atoms with Gasteiger partial charge in [-0.3, -0.25) is 4.90 Å². The zero-order valence-electron chi connectivity index (χ0n) is 14.0. The van der Waals surface area contributed by atoms with Gasteiger partial charge in [0.1, 0.15) is 0 Å². The van der Waals surface area contributed by atoms with Crippen molar-refractivity contribution in [3.63, 3.8) is 0 Å². The summed E-state index contributed by atoms with van der Waals surface area (Å²) >= 11 is 0. The van der Waals surface area contributed by atoms with E-state index in [9.17, 15) is 0 Å². The molecule has 0 saturated carbocycles. The van der Waals surface area contributed by atoms with Gasteiger partial charge >= 0.3 is 0 Å². The second-order valence-electron chi connectivity index (χ2n) is 5.26. The zero-order valence-corrected chi connectivity index (χ0v) is 14.0. The Kier molecular flexibility index (Phi) is 12.8. The lowest BCUT2D eigenvalue weighted by molar-refractivity contribution is 0.176. The Bertz CT molecular complexity index is 181. The van der Waals surface area contributed by atoms with E-state index in [0.717, 1.165) is 13.1 Å². The Morgan fingerprint density at radius 3 is 2.05 bits per heavy atom. The summed E-state index contributed by atoms with van der Waals surface area (Å²) in [7, 11) is 0. The van der Waals surface area contributed by atoms with Gasteiger partial charge in [-0.2, -0.15) is 0 Å². The Balaban J connectivity index is 4.11. The number of nitrogens with zero attached hydrogens (tertiary/aromatic N) is 2. The summed E-state index contributed by atoms with van der Waals surface area (Å²) in [4.78, 5) is 5.18. The lowest BCUT2D eigenvalue weighted by Gasteiger charge is -2.31. The molecular formula is C16H37N3. The monoisotopic (exact) mass is 271 g/mol. The van der Waals surface area contributed by atoms with Crippen molar-refractivity contribution in [3.8, 4) is 0 Å². The lowest BCUT2D eigenvalue weighted by Crippen LogP contribution is -2.43. The molecule has 3 nitrogen and oxygen atoms in total. The highest BCUT2D eigenvalue weighted by molar-refractivity contribution is 4.73. The van der Waals surface area contributed by atoms with Crippen molar-refractivity contribution in [1.29, 1.82) is 0 Å². The molecule has 116 valence electrons. The van der Waals surface area contributed by atoms with Gasteiger partial charge in [0.2, 0.25) is 0 Å². The van der Waals surface area contributed by atoms with Gasteiger partial charge in [0.05, 0.1) is 0 Å². The van der Waals surface area contributed by atoms with E-state index in [4.69, 9.17) is 0 Å². The van der Waals surface area contributed by atoms with Crippen LogP contribution in [0.3, 0.4) is 0 Å². The van der Waals surface area contributed by atoms with Crippen LogP contribution >= 0.6 is 0 Å². The van der Waals surface area contributed by atoms with Crippen molar-refractivity contribution in [2.45, 2.75) is 59.9 Å². The van der Waals surface area contributed by atoms with E-state index >= 15 is 0 Å². The van der Waals surface area contributed by atoms with Gasteiger partial charge in [-0.05, 0) is 52.1 Å². The van der Waals surface area contributed by atoms with Crippen LogP contribution in [0, 0.1) is 0 Å². The van der Waals surface area contributed by atoms with E-state index in [2.05, 4.69) is 49.7 Å². The maximum absolute atomic E-state index is 3.52. The molecule has 0 bridgehead atoms. The molecule has 0 aliphatic heterocycles. The second kappa shape index (κ2) is 12.9. The first-order valence-corrected chi connectivity index (χ1v) is 8.40. The third-order valence-corrected chi connectivity index (χ3v) is 3.99. The van der Waals surface area contributed by atoms with Crippen molar-refractivity contribution >= 4 is 0 Å². The summed E-state index contributed by atoms with van der Waals surface area (Å²) in [5.41, 5.74) is 0. The smallest absolute Gasteiger partial charge is 0.0220 e. The summed E-state index contributed by atoms with van der Waals surface area (Å²) < 4.78 is 0. The fourth-order valence-electron chi connectivity index (χ4n) is 2.69. The number of nitrogens with one attached hydrogen (secondary N) is 1. The molecule has 3 heteroatoms. The SMILES string of the molecule is CCCC(CNCC)N(CC)CCCN(CC)CC. The summed E-state index contributed by atoms with van der Waals surface area (Å²) in [6.07, 6.45) is 3.89. The lowest BCUT2D eigenvalue weighted by atomic mass is 10.1. The maximum Gasteiger partial charge on any atom is 0.0220 e. The van der Waals surface area contributed by atoms with Crippen molar-refractivity contribution in [1.82, 2.24) is 15.1 Å². The first-order valence-electron chi connectivity index (χ1n) is 8.40. The third kappa shape index (κ3) is 8.61. The molecular weight excluding hydrogens is 234 g/mol. The molecule has 0 aromatic rings. The Morgan fingerprint density at radius 2 is 1.58 bits per heavy atom. The van der Waals surface area contributed by atoms with Gasteiger partial charge < -0.3 is 10.2 Å². The summed E-state index contributed by atoms with van der Waals surface area (Å²) in [6, 6.07) is 0.714. The topological polar surface area (TPSA) is 18.5 Å². The molecule has 0 radical (unpaired) electrons. The van der Waals surface area contributed by atoms with Gasteiger partial charge in [-0.1, -0.05) is 41.0 Å². The fraction of sp³-hybridized carbons (Fsp3) is 1.00. The van der Waals surface area contributed by atoms with Crippen molar-refractivity contribution in [3.05, 3.63) is 0 Å². The maximum atomic E-state index is 3.52. The number of likely N-dealkylation sites (N-methyl/N-ethyl adjacent to an activating group) is 2. The molecule has 0 aromatic carbocycles. The number of rotatable bonds is 13. The first-order chi connectivity index (χ1) is 9.23. The number of hydrogen-bond donors (Lipinski definition) is 1. The van der Waals surface area contributed by atoms with Crippen molar-refractivity contribution in [2.24, 2.45) is 0 Å². The molecule has 1 unspecified atom stereocenters. The van der Waals surface area contributed by atoms with Gasteiger partial charge in [-0.25, -0.2) is 0 Å². The van der Waals surface area contributed by atoms with E-state index in [-0.39, 0.29) is 0 Å². The minimum Gasteiger partial charge on any atom is -0.315 e. The molecule has 0 fully saturated rings. The highest BCUT2D eigenvalue weighted by atomic mass is 15.2. The second-order valence-corrected chi connectivity index (χ2v) is 5.26. The Hall–Kier alpha value is -0.120. The van der Waals surface area contributed by atoms with Crippen LogP contribution in [0.1, 0.15) is 53.9 Å². The largest absolute Gasteiger partial charge is 0.315 e. The normalized spacial score (nSPS) is 13.4. The van der Waals surface area contributed by atoms with Crippen LogP contribution in [0.15, 0.2) is 0 Å². The molecule has 0 saturated heterocycles. The van der Waals surface area contributed by atoms with Crippen LogP contribution in [0.4, 0.5) is 0 Å². The van der Waals surface area contributed by atoms with E-state index in [1.54, 1.807) is 0 Å². The van der Waals surface area contributed by atoms with Crippen LogP contribution in [0.5, 0.6) is 0 Å². The molecule has 0 heterocycles. The van der Waals surface area contributed by atoms with E-state index in [1.807, 2.05) is 0 Å². The van der Waals surface area contributed by atoms with Gasteiger partial charge in [0.15, 0.2) is 0 Å². The molecule has 1 atom stereocenters. The van der Waals surface area contributed by atoms with Gasteiger partial charge in [-0.15, -0.1) is 0 Å². The number of hydrogen-bond acceptors (Lipinski definition) is 3. The third-order valence-electron chi connectivity index (χ3n) is 3.99. The Morgan fingerprint density at radius 1 is 0.895 bits per heavy atom. The van der Waals surface area contributed by atoms with Crippen molar-refractivity contribution in [2.75, 3.05) is 45.8 Å². The average molecular weight is 271 g/mol. The van der Waals surface area contributed by atoms with E-state index in [0.29, 0.717) is 6.04 Å². The molecule has 0 rings (SSSR count). The predicted octanol–water partition coefficient (Wildman–Crippen LogP) is 2.82. The molecule has 0 aromatic heterocycles. The van der Waals surface area contributed by atoms with Crippen LogP contribution in [0.25, 0.3) is 0 Å². The van der Waals surface area contributed by atoms with Crippen molar-refractivity contribution < 1.29 is 0 Å². The highest BCUT2D eigenvalue weighted by Gasteiger charge is 2.15. The molecule has 1 N–H and O–H groups in total. The van der Waals surface area contributed by atoms with Crippen LogP contribution in [0.2, 0.25) is 0 Å². The van der Waals surface area contributed by atoms with Crippen LogP contribution in [-0.2, 0) is 0 Å². The highest BCUT2D eigenvalue weighted by Crippen LogP contribution is 2.07. The predicted molar refractivity (Wildman–Crippen MR) is 86.9 cm³/mol. The minimum atomic E-state index is 0.714. The summed E-state index contributed by atoms with van der Waals surface area (Å²) in [5.74, 6) is 0. The Labute approximate surface area is 121 Å². The van der Waals surface area contributed by atoms with E-state index in [1.165, 1.54) is 52.0 Å². The molecule has 0 spiro atoms. The fourth-order valence-corrected chi connectivity index (χ4v) is 2.69. The van der Waals surface area contributed by atoms with Crippen LogP contribution in [-0.4, -0.2) is 61.7 Å². The molecule has 0 amide bonds. The minimum absolute atomic E-state index is 0.714. The molecule has 19 heavy (non-hydrogen) atoms. The quantitative estimate of drug-likeness (QED) is 0.556. The standard InChI is InChI=1S/C16H37N3/c1-6-12-16(15-17-7-2)19(10-5)14-11-13-18(8-3)9-4/h16-17H,6-15H2,1-5H3. The van der Waals surface area contributed by atoms with E-state index < -0.39 is 0 Å². The van der Waals surface area contributed by atoms with Gasteiger partial charge in [0.25, 0.3) is 0 Å². The average Bonchev–Trinajstić information content (AvgIpc) is 2.44. The molecule has 0 aliphatic carbocycles. The summed E-state index contributed by atoms with van der Waals surface area (Å²) in [6.45, 7) is 19.5. The van der Waals surface area contributed by atoms with Crippen LogP contribution < -0.4 is 5.32 Å². The zero-order chi connectivity index (χ0) is 14.5. The summed E-state index contributed by atoms with van der Waals surface area (Å²) in [5, 5.41) is 3.52.